The Hall–Kier alpha value is -12.2. The molecule has 2 atom stereocenters. The van der Waals surface area contributed by atoms with Gasteiger partial charge in [-0.15, -0.1) is 0 Å². The molecule has 10 rings (SSSR count). The number of benzene rings is 9. The smallest absolute Gasteiger partial charge is 0.371 e. The molecule has 0 radical (unpaired) electrons. The predicted octanol–water partition coefficient (Wildman–Crippen LogP) is 15.3. The van der Waals surface area contributed by atoms with Crippen LogP contribution in [0.2, 0.25) is 0 Å². The monoisotopic (exact) mass is 1380 g/mol. The molecule has 9 aromatic rings. The average Bonchev–Trinajstić information content (AvgIpc) is 1.71. The molecule has 2 unspecified atom stereocenters. The summed E-state index contributed by atoms with van der Waals surface area (Å²) in [5.41, 5.74) is 13.3. The summed E-state index contributed by atoms with van der Waals surface area (Å²) in [6.45, 7) is 17.7. The zero-order chi connectivity index (χ0) is 74.7. The topological polar surface area (TPSA) is 283 Å². The Labute approximate surface area is 588 Å². The molecule has 530 valence electrons. The molecule has 1 heterocycles. The molecule has 20 nitrogen and oxygen atoms in total. The van der Waals surface area contributed by atoms with Gasteiger partial charge in [-0.2, -0.15) is 0 Å². The van der Waals surface area contributed by atoms with Gasteiger partial charge in [-0.3, -0.25) is 14.4 Å². The van der Waals surface area contributed by atoms with E-state index in [-0.39, 0.29) is 30.0 Å². The van der Waals surface area contributed by atoms with Crippen molar-refractivity contribution in [1.82, 2.24) is 0 Å². The van der Waals surface area contributed by atoms with Crippen molar-refractivity contribution in [3.8, 4) is 51.7 Å². The van der Waals surface area contributed by atoms with Crippen LogP contribution in [0.1, 0.15) is 98.2 Å². The number of cyclic esters (lactones) is 1. The van der Waals surface area contributed by atoms with E-state index in [9.17, 15) is 38.7 Å². The Morgan fingerprint density at radius 2 is 0.891 bits per heavy atom. The van der Waals surface area contributed by atoms with Gasteiger partial charge in [0.15, 0.2) is 58.9 Å². The summed E-state index contributed by atoms with van der Waals surface area (Å²) < 4.78 is 47.2. The number of aryl methyl sites for hydroxylation is 9. The first kappa shape index (κ1) is 81.2. The lowest BCUT2D eigenvalue weighted by atomic mass is 9.94. The summed E-state index contributed by atoms with van der Waals surface area (Å²) in [6.07, 6.45) is 2.01. The van der Waals surface area contributed by atoms with Crippen molar-refractivity contribution in [1.29, 1.82) is 0 Å². The van der Waals surface area contributed by atoms with Gasteiger partial charge in [-0.1, -0.05) is 109 Å². The van der Waals surface area contributed by atoms with Crippen LogP contribution >= 0.6 is 0 Å². The number of carbonyl (C=O) groups excluding carboxylic acids is 4. The summed E-state index contributed by atoms with van der Waals surface area (Å²) >= 11 is 0. The van der Waals surface area contributed by atoms with E-state index in [1.165, 1.54) is 38.5 Å². The number of carboxylic acid groups (broad SMARTS) is 3. The number of aliphatic carboxylic acids is 2. The minimum Gasteiger partial charge on any atom is -0.504 e. The second-order valence-electron chi connectivity index (χ2n) is 22.4. The van der Waals surface area contributed by atoms with Crippen LogP contribution in [0.15, 0.2) is 194 Å². The number of aromatic hydroxyl groups is 1. The fourth-order valence-corrected chi connectivity index (χ4v) is 9.04. The van der Waals surface area contributed by atoms with Crippen LogP contribution in [0.5, 0.6) is 51.7 Å². The molecular formula is C81H86O20. The number of hydrogen-bond acceptors (Lipinski definition) is 17. The number of hydrogen-bond donors (Lipinski definition) is 4. The van der Waals surface area contributed by atoms with Crippen LogP contribution < -0.4 is 37.9 Å². The number of rotatable bonds is 19. The molecule has 0 aromatic heterocycles. The van der Waals surface area contributed by atoms with Gasteiger partial charge < -0.3 is 63.1 Å². The zero-order valence-electron chi connectivity index (χ0n) is 59.0. The van der Waals surface area contributed by atoms with E-state index >= 15 is 0 Å². The molecule has 1 fully saturated rings. The van der Waals surface area contributed by atoms with Crippen molar-refractivity contribution in [3.05, 3.63) is 272 Å². The highest BCUT2D eigenvalue weighted by molar-refractivity contribution is 6.33. The first-order valence-electron chi connectivity index (χ1n) is 31.4. The number of phenolic OH excluding ortho intramolecular Hbond substituents is 1. The van der Waals surface area contributed by atoms with Crippen LogP contribution in [-0.2, 0) is 23.9 Å². The van der Waals surface area contributed by atoms with E-state index in [2.05, 4.69) is 0 Å². The number of esters is 1. The van der Waals surface area contributed by atoms with Crippen LogP contribution in [0.25, 0.3) is 6.08 Å². The summed E-state index contributed by atoms with van der Waals surface area (Å²) in [5, 5.41) is 35.3. The maximum absolute atomic E-state index is 12.2. The number of phenols is 1. The van der Waals surface area contributed by atoms with Gasteiger partial charge in [0, 0.05) is 11.1 Å². The van der Waals surface area contributed by atoms with Gasteiger partial charge in [-0.25, -0.2) is 19.2 Å². The quantitative estimate of drug-likeness (QED) is 0.0146. The number of para-hydroxylation sites is 8. The Kier molecular flexibility index (Phi) is 33.6. The molecule has 0 saturated carbocycles. The van der Waals surface area contributed by atoms with Crippen molar-refractivity contribution in [3.63, 3.8) is 0 Å². The van der Waals surface area contributed by atoms with Gasteiger partial charge in [0.25, 0.3) is 0 Å². The lowest BCUT2D eigenvalue weighted by Gasteiger charge is -2.19. The number of aldehydes is 2. The molecule has 1 aliphatic heterocycles. The average molecular weight is 1380 g/mol. The first-order chi connectivity index (χ1) is 48.2. The van der Waals surface area contributed by atoms with Crippen molar-refractivity contribution in [2.24, 2.45) is 0 Å². The van der Waals surface area contributed by atoms with E-state index < -0.39 is 29.8 Å². The molecule has 0 amide bonds. The lowest BCUT2D eigenvalue weighted by Crippen LogP contribution is -2.28. The van der Waals surface area contributed by atoms with Crippen LogP contribution in [0.4, 0.5) is 0 Å². The maximum atomic E-state index is 12.2. The fourth-order valence-electron chi connectivity index (χ4n) is 9.04. The second kappa shape index (κ2) is 41.8. The highest BCUT2D eigenvalue weighted by Crippen LogP contribution is 2.36. The number of Topliss-reactive ketones (excluding diaryl/α,β-unsaturated/α-hetero) is 1. The second-order valence-corrected chi connectivity index (χ2v) is 22.4. The molecule has 0 spiro atoms. The third kappa shape index (κ3) is 26.3. The highest BCUT2D eigenvalue weighted by atomic mass is 16.6. The summed E-state index contributed by atoms with van der Waals surface area (Å²) in [4.78, 5) is 75.6. The fraction of sp³-hybridized carbons (Fsp3) is 0.222. The number of methoxy groups -OCH3 is 5. The van der Waals surface area contributed by atoms with E-state index in [4.69, 9.17) is 58.0 Å². The van der Waals surface area contributed by atoms with E-state index in [1.54, 1.807) is 123 Å². The van der Waals surface area contributed by atoms with Gasteiger partial charge in [0.1, 0.15) is 18.6 Å². The predicted molar refractivity (Wildman–Crippen MR) is 385 cm³/mol. The van der Waals surface area contributed by atoms with E-state index in [0.29, 0.717) is 64.3 Å². The molecule has 101 heavy (non-hydrogen) atoms. The zero-order valence-corrected chi connectivity index (χ0v) is 59.0. The Bertz CT molecular complexity index is 4280. The summed E-state index contributed by atoms with van der Waals surface area (Å²) in [5.74, 6) is 0.262. The minimum absolute atomic E-state index is 0.159. The van der Waals surface area contributed by atoms with Crippen molar-refractivity contribution < 1.29 is 96.6 Å². The molecular weight excluding hydrogens is 1290 g/mol. The Morgan fingerprint density at radius 3 is 1.35 bits per heavy atom. The maximum Gasteiger partial charge on any atom is 0.371 e. The van der Waals surface area contributed by atoms with Gasteiger partial charge in [0.05, 0.1) is 47.0 Å². The van der Waals surface area contributed by atoms with Crippen LogP contribution in [-0.4, -0.2) is 118 Å². The van der Waals surface area contributed by atoms with Crippen molar-refractivity contribution >= 4 is 48.3 Å². The highest BCUT2D eigenvalue weighted by Gasteiger charge is 2.40. The number of ether oxygens (including phenoxy) is 9. The molecule has 0 bridgehead atoms. The van der Waals surface area contributed by atoms with Gasteiger partial charge >= 0.3 is 23.9 Å². The molecule has 9 aromatic carbocycles. The SMILES string of the molecule is COc1ccc(C2COC(=O)C2Oc2ccccc2OC)cc1C.COc1ccccc1O.COc1ccccc1O/C(=C/c1ccc(C)c(C)c1)C(=O)O.COc1ccccc1OCC(=O)O.Cc1ccc(C(=O)C=O)cc1C.Cc1ccc(C(=O)O)cc1C.Cc1ccc(C=O)cc1C. The van der Waals surface area contributed by atoms with Crippen LogP contribution in [0, 0.1) is 62.3 Å². The largest absolute Gasteiger partial charge is 0.504 e. The Morgan fingerprint density at radius 1 is 0.455 bits per heavy atom. The van der Waals surface area contributed by atoms with Gasteiger partial charge in [0.2, 0.25) is 17.6 Å². The van der Waals surface area contributed by atoms with Crippen molar-refractivity contribution in [2.45, 2.75) is 74.3 Å². The van der Waals surface area contributed by atoms with E-state index in [0.717, 1.165) is 67.7 Å². The normalized spacial score (nSPS) is 12.2. The number of ketones is 1. The third-order valence-electron chi connectivity index (χ3n) is 15.3. The van der Waals surface area contributed by atoms with Crippen molar-refractivity contribution in [2.75, 3.05) is 48.8 Å². The first-order valence-corrected chi connectivity index (χ1v) is 31.4. The molecule has 20 heteroatoms. The minimum atomic E-state index is -1.14. The van der Waals surface area contributed by atoms with Gasteiger partial charge in [-0.05, 0) is 208 Å². The number of aromatic carboxylic acids is 1. The molecule has 4 N–H and O–H groups in total. The number of carbonyl (C=O) groups is 7. The number of carboxylic acids is 3. The lowest BCUT2D eigenvalue weighted by molar-refractivity contribution is -0.143. The van der Waals surface area contributed by atoms with E-state index in [1.807, 2.05) is 141 Å². The van der Waals surface area contributed by atoms with Crippen LogP contribution in [0.3, 0.4) is 0 Å². The molecule has 1 aliphatic rings. The standard InChI is InChI=1S/C19H20O5.C18H18O4.C10H10O2.C9H10O4.C9H10O2.C9H10O.C7H8O2/c1-12-10-13(8-9-15(12)21-2)14-11-23-19(20)18(14)24-17-7-5-4-6-16(17)22-3;1-12-8-9-14(10-13(12)2)11-17(18(19)20)22-16-7-5-4-6-15(16)21-3;1-7-3-4-9(5-8(7)2)10(12)6-11;1-12-7-4-2-3-5-8(7)13-6-9(10)11;1-6-3-4-8(9(10)11)5-7(6)2;1-7-3-4-9(6-10)5-8(7)2;1-9-7-5-3-2-4-6(7)8/h4-10,14,18H,11H2,1-3H3;4-11H,1-3H3,(H,19,20);3-6H,1-2H3;2-5H,6H2,1H3,(H,10,11);3-5H,1-2H3,(H,10,11);3-6H,1-2H3;2-5,8H,1H3/b;17-11+;;;;;. The Balaban J connectivity index is 0.000000258. The summed E-state index contributed by atoms with van der Waals surface area (Å²) in [6, 6.07) is 55.5. The molecule has 0 aliphatic carbocycles. The third-order valence-corrected chi connectivity index (χ3v) is 15.3. The molecule has 1 saturated heterocycles. The summed E-state index contributed by atoms with van der Waals surface area (Å²) in [7, 11) is 7.74.